The number of piperidine rings is 1. The molecule has 1 aliphatic heterocycles. The number of aromatic nitrogens is 2. The van der Waals surface area contributed by atoms with Gasteiger partial charge in [0.25, 0.3) is 5.56 Å². The number of hydrazone groups is 1. The van der Waals surface area contributed by atoms with Gasteiger partial charge >= 0.3 is 6.09 Å². The summed E-state index contributed by atoms with van der Waals surface area (Å²) in [4.78, 5) is 33.9. The van der Waals surface area contributed by atoms with Crippen LogP contribution in [0.5, 0.6) is 0 Å². The second kappa shape index (κ2) is 8.10. The fourth-order valence-electron chi connectivity index (χ4n) is 3.39. The quantitative estimate of drug-likeness (QED) is 0.466. The van der Waals surface area contributed by atoms with Gasteiger partial charge in [-0.1, -0.05) is 0 Å². The summed E-state index contributed by atoms with van der Waals surface area (Å²) in [6.45, 7) is 8.57. The predicted molar refractivity (Wildman–Crippen MR) is 113 cm³/mol. The van der Waals surface area contributed by atoms with Crippen LogP contribution in [0.15, 0.2) is 39.4 Å². The van der Waals surface area contributed by atoms with Gasteiger partial charge in [0.1, 0.15) is 17.0 Å². The lowest BCUT2D eigenvalue weighted by molar-refractivity contribution is 0.0207. The Labute approximate surface area is 169 Å². The summed E-state index contributed by atoms with van der Waals surface area (Å²) in [6.07, 6.45) is 4.53. The van der Waals surface area contributed by atoms with Crippen LogP contribution < -0.4 is 11.4 Å². The molecular weight excluding hydrogens is 372 g/mol. The van der Waals surface area contributed by atoms with Crippen molar-refractivity contribution in [3.8, 4) is 0 Å². The molecule has 0 spiro atoms. The van der Waals surface area contributed by atoms with E-state index in [0.29, 0.717) is 35.7 Å². The number of H-pyrrole nitrogens is 1. The smallest absolute Gasteiger partial charge is 0.410 e. The van der Waals surface area contributed by atoms with E-state index in [9.17, 15) is 9.59 Å². The van der Waals surface area contributed by atoms with Crippen molar-refractivity contribution in [2.24, 2.45) is 15.9 Å². The maximum Gasteiger partial charge on any atom is 0.410 e. The van der Waals surface area contributed by atoms with Crippen molar-refractivity contribution < 1.29 is 9.53 Å². The van der Waals surface area contributed by atoms with Crippen LogP contribution in [0.4, 0.5) is 4.79 Å². The molecule has 3 rings (SSSR count). The van der Waals surface area contributed by atoms with E-state index in [2.05, 4.69) is 10.1 Å². The standard InChI is InChI=1S/C20H28N6O3/c1-13(18(24-21)14-11-16-22-7-10-26(16)17(27)12-14)23-15-5-8-25(9-6-15)19(28)29-20(2,3)4/h7,10-12,15,22H,5-6,8-9,21H2,1-4H3/b23-13?,24-18+. The van der Waals surface area contributed by atoms with Gasteiger partial charge in [-0.05, 0) is 46.6 Å². The van der Waals surface area contributed by atoms with E-state index in [4.69, 9.17) is 15.6 Å². The van der Waals surface area contributed by atoms with Crippen LogP contribution in [0.3, 0.4) is 0 Å². The molecule has 1 aliphatic rings. The summed E-state index contributed by atoms with van der Waals surface area (Å²) in [5.41, 5.74) is 1.75. The Morgan fingerprint density at radius 3 is 2.59 bits per heavy atom. The fraction of sp³-hybridized carbons (Fsp3) is 0.500. The summed E-state index contributed by atoms with van der Waals surface area (Å²) in [6, 6.07) is 3.37. The van der Waals surface area contributed by atoms with Crippen LogP contribution in [0.1, 0.15) is 46.1 Å². The van der Waals surface area contributed by atoms with Gasteiger partial charge in [-0.3, -0.25) is 14.2 Å². The van der Waals surface area contributed by atoms with E-state index >= 15 is 0 Å². The minimum atomic E-state index is -0.506. The van der Waals surface area contributed by atoms with Crippen molar-refractivity contribution in [3.05, 3.63) is 40.4 Å². The first-order valence-electron chi connectivity index (χ1n) is 9.68. The third-order valence-corrected chi connectivity index (χ3v) is 4.76. The number of fused-ring (bicyclic) bond motifs is 1. The molecule has 0 bridgehead atoms. The third kappa shape index (κ3) is 4.85. The molecule has 0 saturated carbocycles. The molecule has 1 saturated heterocycles. The first-order valence-corrected chi connectivity index (χ1v) is 9.68. The Kier molecular flexibility index (Phi) is 5.76. The van der Waals surface area contributed by atoms with E-state index in [1.54, 1.807) is 17.3 Å². The normalized spacial score (nSPS) is 17.0. The zero-order valence-corrected chi connectivity index (χ0v) is 17.3. The molecule has 0 unspecified atom stereocenters. The highest BCUT2D eigenvalue weighted by atomic mass is 16.6. The van der Waals surface area contributed by atoms with E-state index in [0.717, 1.165) is 12.8 Å². The summed E-state index contributed by atoms with van der Waals surface area (Å²) < 4.78 is 6.94. The molecule has 2 aromatic heterocycles. The van der Waals surface area contributed by atoms with Crippen LogP contribution in [-0.4, -0.2) is 56.5 Å². The van der Waals surface area contributed by atoms with Gasteiger partial charge in [0, 0.05) is 37.1 Å². The van der Waals surface area contributed by atoms with Crippen molar-refractivity contribution in [1.29, 1.82) is 0 Å². The highest BCUT2D eigenvalue weighted by Crippen LogP contribution is 2.18. The van der Waals surface area contributed by atoms with Crippen LogP contribution in [0, 0.1) is 0 Å². The van der Waals surface area contributed by atoms with Crippen LogP contribution in [0.2, 0.25) is 0 Å². The van der Waals surface area contributed by atoms with Crippen molar-refractivity contribution in [2.75, 3.05) is 13.1 Å². The second-order valence-electron chi connectivity index (χ2n) is 8.19. The number of hydrogen-bond acceptors (Lipinski definition) is 6. The number of aromatic amines is 1. The highest BCUT2D eigenvalue weighted by molar-refractivity contribution is 6.47. The zero-order chi connectivity index (χ0) is 21.2. The molecule has 29 heavy (non-hydrogen) atoms. The molecule has 1 amide bonds. The van der Waals surface area contributed by atoms with Crippen molar-refractivity contribution in [3.63, 3.8) is 0 Å². The monoisotopic (exact) mass is 400 g/mol. The highest BCUT2D eigenvalue weighted by Gasteiger charge is 2.27. The number of pyridine rings is 1. The summed E-state index contributed by atoms with van der Waals surface area (Å²) in [7, 11) is 0. The molecule has 0 aromatic carbocycles. The molecular formula is C20H28N6O3. The number of ether oxygens (including phenoxy) is 1. The van der Waals surface area contributed by atoms with Gasteiger partial charge in [-0.15, -0.1) is 0 Å². The van der Waals surface area contributed by atoms with Crippen LogP contribution in [0.25, 0.3) is 5.65 Å². The minimum Gasteiger partial charge on any atom is -0.444 e. The van der Waals surface area contributed by atoms with Gasteiger partial charge in [0.05, 0.1) is 11.8 Å². The number of nitrogens with zero attached hydrogens (tertiary/aromatic N) is 4. The van der Waals surface area contributed by atoms with Gasteiger partial charge in [0.15, 0.2) is 0 Å². The Morgan fingerprint density at radius 1 is 1.28 bits per heavy atom. The van der Waals surface area contributed by atoms with Gasteiger partial charge in [0.2, 0.25) is 0 Å². The third-order valence-electron chi connectivity index (χ3n) is 4.76. The lowest BCUT2D eigenvalue weighted by atomic mass is 10.0. The molecule has 2 aromatic rings. The van der Waals surface area contributed by atoms with Gasteiger partial charge < -0.3 is 20.5 Å². The number of rotatable bonds is 3. The lowest BCUT2D eigenvalue weighted by Gasteiger charge is -2.32. The first-order chi connectivity index (χ1) is 13.7. The molecule has 156 valence electrons. The number of carbonyl (C=O) groups excluding carboxylic acids is 1. The zero-order valence-electron chi connectivity index (χ0n) is 17.3. The maximum absolute atomic E-state index is 12.3. The Bertz CT molecular complexity index is 1000. The largest absolute Gasteiger partial charge is 0.444 e. The fourth-order valence-corrected chi connectivity index (χ4v) is 3.39. The van der Waals surface area contributed by atoms with Gasteiger partial charge in [-0.25, -0.2) is 4.79 Å². The van der Waals surface area contributed by atoms with Crippen molar-refractivity contribution in [2.45, 2.75) is 52.2 Å². The molecule has 0 radical (unpaired) electrons. The first kappa shape index (κ1) is 20.6. The maximum atomic E-state index is 12.3. The number of amides is 1. The second-order valence-corrected chi connectivity index (χ2v) is 8.19. The van der Waals surface area contributed by atoms with Crippen molar-refractivity contribution in [1.82, 2.24) is 14.3 Å². The number of nitrogens with one attached hydrogen (secondary N) is 1. The van der Waals surface area contributed by atoms with E-state index in [-0.39, 0.29) is 17.7 Å². The number of likely N-dealkylation sites (tertiary alicyclic amines) is 1. The van der Waals surface area contributed by atoms with Crippen molar-refractivity contribution >= 4 is 23.2 Å². The molecule has 3 heterocycles. The summed E-state index contributed by atoms with van der Waals surface area (Å²) in [5.74, 6) is 5.62. The molecule has 9 nitrogen and oxygen atoms in total. The molecule has 0 aliphatic carbocycles. The Morgan fingerprint density at radius 2 is 1.97 bits per heavy atom. The Hall–Kier alpha value is -3.10. The van der Waals surface area contributed by atoms with Crippen LogP contribution >= 0.6 is 0 Å². The summed E-state index contributed by atoms with van der Waals surface area (Å²) >= 11 is 0. The molecule has 0 atom stereocenters. The Balaban J connectivity index is 1.70. The number of carbonyl (C=O) groups is 1. The van der Waals surface area contributed by atoms with E-state index in [1.807, 2.05) is 33.8 Å². The molecule has 3 N–H and O–H groups in total. The van der Waals surface area contributed by atoms with Gasteiger partial charge in [-0.2, -0.15) is 5.10 Å². The lowest BCUT2D eigenvalue weighted by Crippen LogP contribution is -2.42. The average molecular weight is 400 g/mol. The van der Waals surface area contributed by atoms with E-state index in [1.165, 1.54) is 10.5 Å². The number of aliphatic imine (C=N–C) groups is 1. The SMILES string of the molecule is CC(=NC1CCN(C(=O)OC(C)(C)C)CC1)/C(=N\N)c1cc(=O)n2cc[nH]c2c1. The summed E-state index contributed by atoms with van der Waals surface area (Å²) in [5, 5.41) is 3.88. The number of nitrogens with two attached hydrogens (primary N) is 1. The van der Waals surface area contributed by atoms with Crippen LogP contribution in [-0.2, 0) is 4.74 Å². The molecule has 1 fully saturated rings. The molecule has 9 heteroatoms. The van der Waals surface area contributed by atoms with E-state index < -0.39 is 5.60 Å². The predicted octanol–water partition coefficient (Wildman–Crippen LogP) is 2.15. The number of hydrogen-bond donors (Lipinski definition) is 2. The minimum absolute atomic E-state index is 0.0563. The number of imidazole rings is 1. The topological polar surface area (TPSA) is 118 Å². The average Bonchev–Trinajstić information content (AvgIpc) is 3.11.